The van der Waals surface area contributed by atoms with Crippen molar-refractivity contribution in [3.05, 3.63) is 48.4 Å². The molecule has 1 aliphatic heterocycles. The molecule has 1 atom stereocenters. The Morgan fingerprint density at radius 1 is 1.25 bits per heavy atom. The Bertz CT molecular complexity index is 798. The van der Waals surface area contributed by atoms with Crippen LogP contribution in [0, 0.1) is 0 Å². The first kappa shape index (κ1) is 19.8. The number of nitrogens with zero attached hydrogens (tertiary/aromatic N) is 1. The van der Waals surface area contributed by atoms with E-state index in [-0.39, 0.29) is 30.4 Å². The molecule has 2 aromatic rings. The summed E-state index contributed by atoms with van der Waals surface area (Å²) in [7, 11) is 0. The molecule has 150 valence electrons. The van der Waals surface area contributed by atoms with Crippen molar-refractivity contribution >= 4 is 17.5 Å². The SMILES string of the molecule is O=C(CN1CCCC1C(=O)NCc1ccco1)Nc1ccccc1OC(F)F. The number of nitrogens with one attached hydrogen (secondary N) is 2. The van der Waals surface area contributed by atoms with Crippen LogP contribution in [0.15, 0.2) is 47.1 Å². The molecule has 1 saturated heterocycles. The predicted octanol–water partition coefficient (Wildman–Crippen LogP) is 2.60. The number of amides is 2. The lowest BCUT2D eigenvalue weighted by molar-refractivity contribution is -0.126. The number of benzene rings is 1. The molecule has 7 nitrogen and oxygen atoms in total. The lowest BCUT2D eigenvalue weighted by Crippen LogP contribution is -2.45. The van der Waals surface area contributed by atoms with Crippen LogP contribution in [0.25, 0.3) is 0 Å². The molecule has 3 rings (SSSR count). The zero-order chi connectivity index (χ0) is 19.9. The molecule has 0 bridgehead atoms. The summed E-state index contributed by atoms with van der Waals surface area (Å²) < 4.78 is 34.6. The molecule has 2 amide bonds. The van der Waals surface area contributed by atoms with Gasteiger partial charge in [0.1, 0.15) is 11.5 Å². The standard InChI is InChI=1S/C19H21F2N3O4/c20-19(21)28-16-8-2-1-6-14(16)23-17(25)12-24-9-3-7-15(24)18(26)22-11-13-5-4-10-27-13/h1-2,4-6,8,10,15,19H,3,7,9,11-12H2,(H,22,26)(H,23,25). The van der Waals surface area contributed by atoms with Gasteiger partial charge in [0.05, 0.1) is 31.1 Å². The minimum Gasteiger partial charge on any atom is -0.467 e. The summed E-state index contributed by atoms with van der Waals surface area (Å²) >= 11 is 0. The number of rotatable bonds is 8. The van der Waals surface area contributed by atoms with E-state index in [0.717, 1.165) is 6.42 Å². The van der Waals surface area contributed by atoms with Crippen molar-refractivity contribution < 1.29 is 27.5 Å². The number of hydrogen-bond donors (Lipinski definition) is 2. The Hall–Kier alpha value is -2.94. The Labute approximate surface area is 160 Å². The van der Waals surface area contributed by atoms with Gasteiger partial charge >= 0.3 is 6.61 Å². The molecule has 0 radical (unpaired) electrons. The fourth-order valence-corrected chi connectivity index (χ4v) is 3.16. The van der Waals surface area contributed by atoms with Gasteiger partial charge < -0.3 is 19.8 Å². The normalized spacial score (nSPS) is 16.9. The number of carbonyl (C=O) groups excluding carboxylic acids is 2. The molecule has 9 heteroatoms. The summed E-state index contributed by atoms with van der Waals surface area (Å²) in [4.78, 5) is 26.6. The summed E-state index contributed by atoms with van der Waals surface area (Å²) in [6.07, 6.45) is 2.96. The van der Waals surface area contributed by atoms with E-state index in [0.29, 0.717) is 18.7 Å². The van der Waals surface area contributed by atoms with Crippen molar-refractivity contribution in [2.75, 3.05) is 18.4 Å². The highest BCUT2D eigenvalue weighted by Gasteiger charge is 2.32. The van der Waals surface area contributed by atoms with E-state index in [1.54, 1.807) is 23.1 Å². The van der Waals surface area contributed by atoms with Crippen molar-refractivity contribution in [2.24, 2.45) is 0 Å². The average molecular weight is 393 g/mol. The first-order valence-corrected chi connectivity index (χ1v) is 8.91. The molecule has 28 heavy (non-hydrogen) atoms. The molecule has 0 aliphatic carbocycles. The number of anilines is 1. The van der Waals surface area contributed by atoms with Crippen molar-refractivity contribution in [3.63, 3.8) is 0 Å². The number of alkyl halides is 2. The molecule has 1 aliphatic rings. The van der Waals surface area contributed by atoms with Crippen LogP contribution in [0.1, 0.15) is 18.6 Å². The molecular weight excluding hydrogens is 372 g/mol. The van der Waals surface area contributed by atoms with Crippen LogP contribution in [0.2, 0.25) is 0 Å². The second-order valence-electron chi connectivity index (χ2n) is 6.35. The van der Waals surface area contributed by atoms with E-state index in [1.165, 1.54) is 24.5 Å². The van der Waals surface area contributed by atoms with E-state index < -0.39 is 18.6 Å². The van der Waals surface area contributed by atoms with Gasteiger partial charge in [0.15, 0.2) is 0 Å². The second kappa shape index (κ2) is 9.32. The minimum absolute atomic E-state index is 0.0259. The van der Waals surface area contributed by atoms with Crippen molar-refractivity contribution in [3.8, 4) is 5.75 Å². The van der Waals surface area contributed by atoms with Gasteiger partial charge in [0.2, 0.25) is 11.8 Å². The van der Waals surface area contributed by atoms with Crippen molar-refractivity contribution in [2.45, 2.75) is 32.0 Å². The number of carbonyl (C=O) groups is 2. The topological polar surface area (TPSA) is 83.8 Å². The van der Waals surface area contributed by atoms with E-state index in [1.807, 2.05) is 0 Å². The molecule has 0 saturated carbocycles. The van der Waals surface area contributed by atoms with Crippen LogP contribution >= 0.6 is 0 Å². The van der Waals surface area contributed by atoms with Gasteiger partial charge in [-0.2, -0.15) is 8.78 Å². The Morgan fingerprint density at radius 2 is 2.07 bits per heavy atom. The maximum atomic E-state index is 12.5. The van der Waals surface area contributed by atoms with E-state index in [4.69, 9.17) is 4.42 Å². The monoisotopic (exact) mass is 393 g/mol. The summed E-state index contributed by atoms with van der Waals surface area (Å²) in [6.45, 7) is -2.14. The van der Waals surface area contributed by atoms with Gasteiger partial charge in [0, 0.05) is 0 Å². The molecule has 1 aromatic heterocycles. The third-order valence-electron chi connectivity index (χ3n) is 4.41. The molecule has 1 fully saturated rings. The number of ether oxygens (including phenoxy) is 1. The van der Waals surface area contributed by atoms with Gasteiger partial charge in [-0.1, -0.05) is 12.1 Å². The van der Waals surface area contributed by atoms with E-state index in [9.17, 15) is 18.4 Å². The lowest BCUT2D eigenvalue weighted by atomic mass is 10.2. The van der Waals surface area contributed by atoms with Gasteiger partial charge in [-0.25, -0.2) is 0 Å². The molecule has 2 N–H and O–H groups in total. The smallest absolute Gasteiger partial charge is 0.387 e. The fraction of sp³-hybridized carbons (Fsp3) is 0.368. The van der Waals surface area contributed by atoms with E-state index in [2.05, 4.69) is 15.4 Å². The number of para-hydroxylation sites is 2. The number of furan rings is 1. The third-order valence-corrected chi connectivity index (χ3v) is 4.41. The zero-order valence-electron chi connectivity index (χ0n) is 15.1. The maximum Gasteiger partial charge on any atom is 0.387 e. The van der Waals surface area contributed by atoms with Gasteiger partial charge in [-0.05, 0) is 43.7 Å². The van der Waals surface area contributed by atoms with Crippen LogP contribution in [-0.4, -0.2) is 42.5 Å². The largest absolute Gasteiger partial charge is 0.467 e. The van der Waals surface area contributed by atoms with Gasteiger partial charge in [-0.3, -0.25) is 14.5 Å². The zero-order valence-corrected chi connectivity index (χ0v) is 15.1. The van der Waals surface area contributed by atoms with Crippen molar-refractivity contribution in [1.82, 2.24) is 10.2 Å². The van der Waals surface area contributed by atoms with Crippen molar-refractivity contribution in [1.29, 1.82) is 0 Å². The first-order valence-electron chi connectivity index (χ1n) is 8.91. The van der Waals surface area contributed by atoms with Crippen LogP contribution in [0.5, 0.6) is 5.75 Å². The highest BCUT2D eigenvalue weighted by Crippen LogP contribution is 2.26. The minimum atomic E-state index is -2.99. The molecule has 0 spiro atoms. The number of halogens is 2. The highest BCUT2D eigenvalue weighted by molar-refractivity contribution is 5.94. The van der Waals surface area contributed by atoms with Gasteiger partial charge in [0.25, 0.3) is 0 Å². The van der Waals surface area contributed by atoms with Crippen LogP contribution < -0.4 is 15.4 Å². The number of hydrogen-bond acceptors (Lipinski definition) is 5. The number of likely N-dealkylation sites (tertiary alicyclic amines) is 1. The van der Waals surface area contributed by atoms with Crippen LogP contribution in [-0.2, 0) is 16.1 Å². The summed E-state index contributed by atoms with van der Waals surface area (Å²) in [5, 5.41) is 5.37. The quantitative estimate of drug-likeness (QED) is 0.720. The molecular formula is C19H21F2N3O4. The van der Waals surface area contributed by atoms with Crippen LogP contribution in [0.3, 0.4) is 0 Å². The molecule has 1 unspecified atom stereocenters. The van der Waals surface area contributed by atoms with Crippen LogP contribution in [0.4, 0.5) is 14.5 Å². The average Bonchev–Trinajstić information content (AvgIpc) is 3.33. The summed E-state index contributed by atoms with van der Waals surface area (Å²) in [6, 6.07) is 9.05. The van der Waals surface area contributed by atoms with E-state index >= 15 is 0 Å². The predicted molar refractivity (Wildman–Crippen MR) is 96.9 cm³/mol. The maximum absolute atomic E-state index is 12.5. The Kier molecular flexibility index (Phi) is 6.59. The first-order chi connectivity index (χ1) is 13.5. The third kappa shape index (κ3) is 5.29. The Morgan fingerprint density at radius 3 is 2.82 bits per heavy atom. The molecule has 2 heterocycles. The Balaban J connectivity index is 1.55. The second-order valence-corrected chi connectivity index (χ2v) is 6.35. The fourth-order valence-electron chi connectivity index (χ4n) is 3.16. The van der Waals surface area contributed by atoms with Gasteiger partial charge in [-0.15, -0.1) is 0 Å². The summed E-state index contributed by atoms with van der Waals surface area (Å²) in [5.41, 5.74) is 0.158. The summed E-state index contributed by atoms with van der Waals surface area (Å²) in [5.74, 6) is -0.0505. The molecule has 1 aromatic carbocycles. The highest BCUT2D eigenvalue weighted by atomic mass is 19.3. The lowest BCUT2D eigenvalue weighted by Gasteiger charge is -2.23.